The minimum absolute atomic E-state index is 0.155. The van der Waals surface area contributed by atoms with Crippen LogP contribution in [0.5, 0.6) is 0 Å². The van der Waals surface area contributed by atoms with Crippen LogP contribution < -0.4 is 0 Å². The maximum absolute atomic E-state index is 12.2. The fourth-order valence-corrected chi connectivity index (χ4v) is 4.98. The van der Waals surface area contributed by atoms with Crippen molar-refractivity contribution in [1.29, 1.82) is 0 Å². The fraction of sp³-hybridized carbons (Fsp3) is 0.556. The molecule has 1 N–H and O–H groups in total. The lowest BCUT2D eigenvalue weighted by atomic mass is 9.97. The van der Waals surface area contributed by atoms with Crippen LogP contribution in [-0.4, -0.2) is 46.5 Å². The molecule has 2 saturated heterocycles. The van der Waals surface area contributed by atoms with E-state index in [1.165, 1.54) is 6.92 Å². The molecule has 0 radical (unpaired) electrons. The first-order valence-corrected chi connectivity index (χ1v) is 6.81. The number of carboxylic acids is 1. The molecule has 0 aromatic rings. The van der Waals surface area contributed by atoms with Crippen LogP contribution in [0.25, 0.3) is 0 Å². The standard InChI is InChI=1S/C9H10ClNO5S/c1-9(2-3-10)7(8(13)14)11-5(12)4-6(11)17(9,15)16/h2-3,6-7H,4H2,1H3,(H,13,14)/t6-,7+,9+/m1/s1. The van der Waals surface area contributed by atoms with Gasteiger partial charge in [0.15, 0.2) is 15.9 Å². The molecular weight excluding hydrogens is 270 g/mol. The Bertz CT molecular complexity index is 528. The number of halogens is 1. The molecule has 0 bridgehead atoms. The van der Waals surface area contributed by atoms with Gasteiger partial charge >= 0.3 is 5.97 Å². The van der Waals surface area contributed by atoms with Gasteiger partial charge in [0.25, 0.3) is 0 Å². The zero-order valence-electron chi connectivity index (χ0n) is 8.83. The Morgan fingerprint density at radius 1 is 1.65 bits per heavy atom. The van der Waals surface area contributed by atoms with E-state index >= 15 is 0 Å². The lowest BCUT2D eigenvalue weighted by Gasteiger charge is -2.35. The minimum atomic E-state index is -3.76. The maximum Gasteiger partial charge on any atom is 0.328 e. The van der Waals surface area contributed by atoms with E-state index in [9.17, 15) is 18.0 Å². The van der Waals surface area contributed by atoms with E-state index in [-0.39, 0.29) is 6.42 Å². The first-order chi connectivity index (χ1) is 7.77. The Balaban J connectivity index is 2.63. The average Bonchev–Trinajstić information content (AvgIpc) is 2.33. The van der Waals surface area contributed by atoms with Gasteiger partial charge in [0.1, 0.15) is 10.1 Å². The predicted molar refractivity (Wildman–Crippen MR) is 59.0 cm³/mol. The van der Waals surface area contributed by atoms with Crippen LogP contribution >= 0.6 is 11.6 Å². The average molecular weight is 280 g/mol. The molecule has 2 aliphatic heterocycles. The van der Waals surface area contributed by atoms with E-state index in [1.807, 2.05) is 0 Å². The highest BCUT2D eigenvalue weighted by molar-refractivity contribution is 7.94. The zero-order valence-corrected chi connectivity index (χ0v) is 10.4. The molecule has 0 aromatic heterocycles. The van der Waals surface area contributed by atoms with Crippen molar-refractivity contribution < 1.29 is 23.1 Å². The summed E-state index contributed by atoms with van der Waals surface area (Å²) in [6, 6.07) is -1.41. The van der Waals surface area contributed by atoms with Crippen LogP contribution in [-0.2, 0) is 19.4 Å². The van der Waals surface area contributed by atoms with Crippen molar-refractivity contribution in [1.82, 2.24) is 4.90 Å². The summed E-state index contributed by atoms with van der Waals surface area (Å²) in [5, 5.41) is 8.08. The smallest absolute Gasteiger partial charge is 0.328 e. The molecule has 2 fully saturated rings. The highest BCUT2D eigenvalue weighted by Gasteiger charge is 2.68. The number of carbonyl (C=O) groups is 2. The van der Waals surface area contributed by atoms with E-state index in [0.717, 1.165) is 16.5 Å². The third-order valence-electron chi connectivity index (χ3n) is 3.37. The Morgan fingerprint density at radius 2 is 2.24 bits per heavy atom. The largest absolute Gasteiger partial charge is 0.480 e. The SMILES string of the molecule is C[C@]1(C=CCl)[C@H](C(=O)O)N2C(=O)C[C@H]2S1(=O)=O. The summed E-state index contributed by atoms with van der Waals surface area (Å²) in [7, 11) is -3.76. The number of fused-ring (bicyclic) bond motifs is 1. The molecule has 2 heterocycles. The van der Waals surface area contributed by atoms with E-state index < -0.39 is 37.9 Å². The summed E-state index contributed by atoms with van der Waals surface area (Å²) in [5.41, 5.74) is 0.976. The highest BCUT2D eigenvalue weighted by Crippen LogP contribution is 2.46. The van der Waals surface area contributed by atoms with Crippen LogP contribution in [0.15, 0.2) is 11.6 Å². The second-order valence-corrected chi connectivity index (χ2v) is 6.99. The molecule has 0 unspecified atom stereocenters. The third-order valence-corrected chi connectivity index (χ3v) is 6.19. The first-order valence-electron chi connectivity index (χ1n) is 4.82. The highest BCUT2D eigenvalue weighted by atomic mass is 35.5. The molecule has 0 aliphatic carbocycles. The van der Waals surface area contributed by atoms with Crippen molar-refractivity contribution in [3.63, 3.8) is 0 Å². The number of amides is 1. The van der Waals surface area contributed by atoms with Gasteiger partial charge in [-0.05, 0) is 13.0 Å². The van der Waals surface area contributed by atoms with Gasteiger partial charge < -0.3 is 10.0 Å². The zero-order chi connectivity index (χ0) is 13.0. The van der Waals surface area contributed by atoms with Crippen LogP contribution in [0.1, 0.15) is 13.3 Å². The van der Waals surface area contributed by atoms with Gasteiger partial charge in [-0.1, -0.05) is 11.6 Å². The number of sulfone groups is 1. The Hall–Kier alpha value is -1.08. The number of β-lactam (4-membered cyclic amide) rings is 1. The first kappa shape index (κ1) is 12.4. The quantitative estimate of drug-likeness (QED) is 0.715. The van der Waals surface area contributed by atoms with Crippen molar-refractivity contribution >= 4 is 33.3 Å². The summed E-state index contributed by atoms with van der Waals surface area (Å²) in [5.74, 6) is -1.81. The Labute approximate surface area is 103 Å². The number of aliphatic carboxylic acids is 1. The van der Waals surface area contributed by atoms with Crippen LogP contribution in [0, 0.1) is 0 Å². The van der Waals surface area contributed by atoms with E-state index in [2.05, 4.69) is 0 Å². The van der Waals surface area contributed by atoms with Crippen LogP contribution in [0.2, 0.25) is 0 Å². The van der Waals surface area contributed by atoms with Crippen molar-refractivity contribution in [3.8, 4) is 0 Å². The molecule has 17 heavy (non-hydrogen) atoms. The predicted octanol–water partition coefficient (Wildman–Crippen LogP) is -0.0624. The summed E-state index contributed by atoms with van der Waals surface area (Å²) in [4.78, 5) is 23.4. The van der Waals surface area contributed by atoms with Gasteiger partial charge in [0.2, 0.25) is 5.91 Å². The van der Waals surface area contributed by atoms with Gasteiger partial charge in [-0.3, -0.25) is 4.79 Å². The third kappa shape index (κ3) is 1.29. The van der Waals surface area contributed by atoms with E-state index in [1.54, 1.807) is 0 Å². The molecule has 94 valence electrons. The summed E-state index contributed by atoms with van der Waals surface area (Å²) >= 11 is 5.38. The van der Waals surface area contributed by atoms with E-state index in [4.69, 9.17) is 16.7 Å². The number of nitrogens with zero attached hydrogens (tertiary/aromatic N) is 1. The molecular formula is C9H10ClNO5S. The monoisotopic (exact) mass is 279 g/mol. The van der Waals surface area contributed by atoms with E-state index in [0.29, 0.717) is 0 Å². The molecule has 2 aliphatic rings. The van der Waals surface area contributed by atoms with Crippen LogP contribution in [0.4, 0.5) is 0 Å². The Morgan fingerprint density at radius 3 is 2.65 bits per heavy atom. The molecule has 8 heteroatoms. The summed E-state index contributed by atoms with van der Waals surface area (Å²) < 4.78 is 22.6. The summed E-state index contributed by atoms with van der Waals surface area (Å²) in [6.45, 7) is 1.27. The van der Waals surface area contributed by atoms with Gasteiger partial charge in [0, 0.05) is 5.54 Å². The molecule has 0 aromatic carbocycles. The molecule has 3 atom stereocenters. The topological polar surface area (TPSA) is 91.8 Å². The number of carboxylic acid groups (broad SMARTS) is 1. The normalized spacial score (nSPS) is 39.2. The molecule has 2 rings (SSSR count). The minimum Gasteiger partial charge on any atom is -0.480 e. The molecule has 1 amide bonds. The van der Waals surface area contributed by atoms with Crippen molar-refractivity contribution in [2.24, 2.45) is 0 Å². The lowest BCUT2D eigenvalue weighted by molar-refractivity contribution is -0.157. The fourth-order valence-electron chi connectivity index (χ4n) is 2.37. The number of carbonyl (C=O) groups excluding carboxylic acids is 1. The van der Waals surface area contributed by atoms with Crippen LogP contribution in [0.3, 0.4) is 0 Å². The molecule has 6 nitrogen and oxygen atoms in total. The second-order valence-electron chi connectivity index (χ2n) is 4.22. The molecule has 0 saturated carbocycles. The number of rotatable bonds is 2. The summed E-state index contributed by atoms with van der Waals surface area (Å²) in [6.07, 6.45) is 0.964. The van der Waals surface area contributed by atoms with Crippen molar-refractivity contribution in [3.05, 3.63) is 11.6 Å². The number of hydrogen-bond donors (Lipinski definition) is 1. The van der Waals surface area contributed by atoms with Gasteiger partial charge in [0.05, 0.1) is 6.42 Å². The molecule has 0 spiro atoms. The number of hydrogen-bond acceptors (Lipinski definition) is 4. The van der Waals surface area contributed by atoms with Gasteiger partial charge in [-0.15, -0.1) is 0 Å². The lowest BCUT2D eigenvalue weighted by Crippen LogP contribution is -2.57. The van der Waals surface area contributed by atoms with Crippen molar-refractivity contribution in [2.75, 3.05) is 0 Å². The Kier molecular flexibility index (Phi) is 2.52. The van der Waals surface area contributed by atoms with Crippen molar-refractivity contribution in [2.45, 2.75) is 29.5 Å². The second kappa shape index (κ2) is 3.46. The van der Waals surface area contributed by atoms with Gasteiger partial charge in [-0.25, -0.2) is 13.2 Å². The maximum atomic E-state index is 12.2. The van der Waals surface area contributed by atoms with Gasteiger partial charge in [-0.2, -0.15) is 0 Å².